The van der Waals surface area contributed by atoms with Gasteiger partial charge in [-0.15, -0.1) is 0 Å². The number of carbonyl (C=O) groups is 1. The zero-order valence-corrected chi connectivity index (χ0v) is 17.6. The molecule has 0 spiro atoms. The Morgan fingerprint density at radius 3 is 2.37 bits per heavy atom. The molecule has 0 saturated carbocycles. The number of hydrogen-bond acceptors (Lipinski definition) is 4. The van der Waals surface area contributed by atoms with Crippen LogP contribution in [0.1, 0.15) is 12.5 Å². The SMILES string of the molecule is C=C(/C=C(Cl)\C=C/N)C(=O)N1CCN(S(=O)(=O)c2ccc(C(F)(F)F)cc2)C[C@@H]1C. The molecular weight excluding hydrogens is 443 g/mol. The van der Waals surface area contributed by atoms with Crippen molar-refractivity contribution in [1.82, 2.24) is 9.21 Å². The van der Waals surface area contributed by atoms with Crippen LogP contribution in [0, 0.1) is 0 Å². The molecular formula is C19H21ClF3N3O3S. The van der Waals surface area contributed by atoms with Crippen molar-refractivity contribution in [1.29, 1.82) is 0 Å². The van der Waals surface area contributed by atoms with Gasteiger partial charge in [-0.05, 0) is 49.5 Å². The lowest BCUT2D eigenvalue weighted by Crippen LogP contribution is -2.55. The van der Waals surface area contributed by atoms with Gasteiger partial charge in [0.2, 0.25) is 10.0 Å². The highest BCUT2D eigenvalue weighted by molar-refractivity contribution is 7.89. The molecule has 1 fully saturated rings. The van der Waals surface area contributed by atoms with E-state index in [1.807, 2.05) is 0 Å². The Morgan fingerprint density at radius 1 is 1.27 bits per heavy atom. The topological polar surface area (TPSA) is 83.7 Å². The normalized spacial score (nSPS) is 19.3. The quantitative estimate of drug-likeness (QED) is 0.537. The number of carbonyl (C=O) groups excluding carboxylic acids is 1. The lowest BCUT2D eigenvalue weighted by molar-refractivity contribution is -0.137. The van der Waals surface area contributed by atoms with Gasteiger partial charge in [-0.25, -0.2) is 8.42 Å². The second-order valence-electron chi connectivity index (χ2n) is 6.65. The average Bonchev–Trinajstić information content (AvgIpc) is 2.66. The first-order chi connectivity index (χ1) is 13.9. The van der Waals surface area contributed by atoms with Crippen molar-refractivity contribution in [3.8, 4) is 0 Å². The van der Waals surface area contributed by atoms with Crippen LogP contribution in [0.25, 0.3) is 0 Å². The Hall–Kier alpha value is -2.30. The predicted molar refractivity (Wildman–Crippen MR) is 108 cm³/mol. The molecule has 0 aromatic heterocycles. The summed E-state index contributed by atoms with van der Waals surface area (Å²) in [6.45, 7) is 5.43. The van der Waals surface area contributed by atoms with E-state index < -0.39 is 33.7 Å². The van der Waals surface area contributed by atoms with Gasteiger partial charge < -0.3 is 10.6 Å². The second-order valence-corrected chi connectivity index (χ2v) is 9.02. The van der Waals surface area contributed by atoms with Crippen LogP contribution in [-0.2, 0) is 21.0 Å². The van der Waals surface area contributed by atoms with E-state index in [0.717, 1.165) is 28.6 Å². The van der Waals surface area contributed by atoms with Gasteiger partial charge in [0, 0.05) is 36.3 Å². The highest BCUT2D eigenvalue weighted by Gasteiger charge is 2.35. The lowest BCUT2D eigenvalue weighted by atomic mass is 10.1. The monoisotopic (exact) mass is 463 g/mol. The van der Waals surface area contributed by atoms with Gasteiger partial charge in [-0.2, -0.15) is 17.5 Å². The Kier molecular flexibility index (Phi) is 7.38. The molecule has 1 aromatic rings. The van der Waals surface area contributed by atoms with Gasteiger partial charge in [0.1, 0.15) is 0 Å². The van der Waals surface area contributed by atoms with Gasteiger partial charge in [0.15, 0.2) is 0 Å². The standard InChI is InChI=1S/C19H21ClF3N3O3S/c1-13(11-16(20)7-8-24)18(27)26-10-9-25(12-14(26)2)30(28,29)17-5-3-15(4-6-17)19(21,22)23/h3-8,11,14H,1,9-10,12,24H2,2H3/b8-7-,16-11+/t14-/m0/s1. The van der Waals surface area contributed by atoms with Crippen molar-refractivity contribution in [2.75, 3.05) is 19.6 Å². The fraction of sp³-hybridized carbons (Fsp3) is 0.316. The van der Waals surface area contributed by atoms with E-state index in [-0.39, 0.29) is 35.1 Å². The highest BCUT2D eigenvalue weighted by Crippen LogP contribution is 2.30. The number of piperazine rings is 1. The number of nitrogens with two attached hydrogens (primary N) is 1. The fourth-order valence-electron chi connectivity index (χ4n) is 2.96. The third-order valence-corrected chi connectivity index (χ3v) is 6.63. The molecule has 0 radical (unpaired) electrons. The van der Waals surface area contributed by atoms with Crippen LogP contribution in [0.4, 0.5) is 13.2 Å². The van der Waals surface area contributed by atoms with Gasteiger partial charge in [-0.3, -0.25) is 4.79 Å². The molecule has 1 heterocycles. The number of halogens is 4. The van der Waals surface area contributed by atoms with Crippen molar-refractivity contribution >= 4 is 27.5 Å². The molecule has 0 bridgehead atoms. The first kappa shape index (κ1) is 24.0. The maximum atomic E-state index is 12.8. The van der Waals surface area contributed by atoms with Crippen LogP contribution in [0.2, 0.25) is 0 Å². The molecule has 1 aromatic carbocycles. The van der Waals surface area contributed by atoms with Crippen LogP contribution in [0.15, 0.2) is 64.7 Å². The zero-order valence-electron chi connectivity index (χ0n) is 16.1. The summed E-state index contributed by atoms with van der Waals surface area (Å²) in [5.74, 6) is -0.405. The smallest absolute Gasteiger partial charge is 0.405 e. The largest absolute Gasteiger partial charge is 0.416 e. The molecule has 1 amide bonds. The predicted octanol–water partition coefficient (Wildman–Crippen LogP) is 3.08. The molecule has 164 valence electrons. The third kappa shape index (κ3) is 5.44. The van der Waals surface area contributed by atoms with Crippen molar-refractivity contribution in [3.63, 3.8) is 0 Å². The van der Waals surface area contributed by atoms with E-state index in [1.165, 1.54) is 23.3 Å². The van der Waals surface area contributed by atoms with Gasteiger partial charge >= 0.3 is 6.18 Å². The Morgan fingerprint density at radius 2 is 1.87 bits per heavy atom. The maximum absolute atomic E-state index is 12.8. The number of amides is 1. The summed E-state index contributed by atoms with van der Waals surface area (Å²) in [7, 11) is -4.00. The lowest BCUT2D eigenvalue weighted by Gasteiger charge is -2.39. The van der Waals surface area contributed by atoms with Crippen LogP contribution in [0.3, 0.4) is 0 Å². The van der Waals surface area contributed by atoms with E-state index in [0.29, 0.717) is 0 Å². The van der Waals surface area contributed by atoms with Crippen molar-refractivity contribution in [3.05, 3.63) is 65.4 Å². The van der Waals surface area contributed by atoms with Crippen molar-refractivity contribution in [2.24, 2.45) is 5.73 Å². The number of allylic oxidation sites excluding steroid dienone is 2. The molecule has 11 heteroatoms. The summed E-state index contributed by atoms with van der Waals surface area (Å²) in [6.07, 6.45) is -0.601. The molecule has 2 N–H and O–H groups in total. The molecule has 1 aliphatic rings. The minimum atomic E-state index is -4.55. The summed E-state index contributed by atoms with van der Waals surface area (Å²) >= 11 is 5.89. The number of sulfonamides is 1. The molecule has 2 rings (SSSR count). The fourth-order valence-corrected chi connectivity index (χ4v) is 4.68. The van der Waals surface area contributed by atoms with Crippen LogP contribution < -0.4 is 5.73 Å². The number of benzene rings is 1. The van der Waals surface area contributed by atoms with E-state index >= 15 is 0 Å². The second kappa shape index (κ2) is 9.23. The summed E-state index contributed by atoms with van der Waals surface area (Å²) in [5, 5.41) is 0.215. The van der Waals surface area contributed by atoms with Gasteiger partial charge in [0.05, 0.1) is 10.5 Å². The van der Waals surface area contributed by atoms with Crippen molar-refractivity contribution < 1.29 is 26.4 Å². The first-order valence-electron chi connectivity index (χ1n) is 8.80. The average molecular weight is 464 g/mol. The van der Waals surface area contributed by atoms with Crippen LogP contribution >= 0.6 is 11.6 Å². The summed E-state index contributed by atoms with van der Waals surface area (Å²) in [6, 6.07) is 2.84. The van der Waals surface area contributed by atoms with Crippen molar-refractivity contribution in [2.45, 2.75) is 24.0 Å². The highest BCUT2D eigenvalue weighted by atomic mass is 35.5. The molecule has 1 atom stereocenters. The van der Waals surface area contributed by atoms with Gasteiger partial charge in [-0.1, -0.05) is 18.2 Å². The molecule has 0 aliphatic carbocycles. The number of alkyl halides is 3. The van der Waals surface area contributed by atoms with E-state index in [4.69, 9.17) is 17.3 Å². The van der Waals surface area contributed by atoms with E-state index in [9.17, 15) is 26.4 Å². The molecule has 0 unspecified atom stereocenters. The number of hydrogen-bond donors (Lipinski definition) is 1. The molecule has 1 aliphatic heterocycles. The summed E-state index contributed by atoms with van der Waals surface area (Å²) in [4.78, 5) is 13.8. The maximum Gasteiger partial charge on any atom is 0.416 e. The molecule has 30 heavy (non-hydrogen) atoms. The van der Waals surface area contributed by atoms with E-state index in [2.05, 4.69) is 6.58 Å². The third-order valence-electron chi connectivity index (χ3n) is 4.51. The Bertz CT molecular complexity index is 973. The van der Waals surface area contributed by atoms with Gasteiger partial charge in [0.25, 0.3) is 5.91 Å². The number of nitrogens with zero attached hydrogens (tertiary/aromatic N) is 2. The minimum Gasteiger partial charge on any atom is -0.405 e. The summed E-state index contributed by atoms with van der Waals surface area (Å²) in [5.41, 5.74) is 4.41. The van der Waals surface area contributed by atoms with Crippen LogP contribution in [0.5, 0.6) is 0 Å². The summed E-state index contributed by atoms with van der Waals surface area (Å²) < 4.78 is 64.8. The van der Waals surface area contributed by atoms with E-state index in [1.54, 1.807) is 6.92 Å². The molecule has 1 saturated heterocycles. The molecule has 6 nitrogen and oxygen atoms in total. The first-order valence-corrected chi connectivity index (χ1v) is 10.6. The Labute approximate surface area is 178 Å². The minimum absolute atomic E-state index is 0.00708. The Balaban J connectivity index is 2.13. The number of rotatable bonds is 5. The van der Waals surface area contributed by atoms with Crippen LogP contribution in [-0.4, -0.2) is 49.2 Å². The zero-order chi connectivity index (χ0) is 22.7.